The Balaban J connectivity index is 1.61. The average Bonchev–Trinajstić information content (AvgIpc) is 3.11. The standard InChI is InChI=1S/C15H15N3O2S/c19-14(10-13-2-1-9-21-13)17-11-3-5-12(6-4-11)18-8-7-16-15(18)20/h1-6,9H,7-8,10H2,(H,16,20)(H,17,19). The van der Waals surface area contributed by atoms with Crippen molar-refractivity contribution in [3.8, 4) is 0 Å². The van der Waals surface area contributed by atoms with E-state index in [1.807, 2.05) is 41.8 Å². The topological polar surface area (TPSA) is 61.4 Å². The van der Waals surface area contributed by atoms with Crippen LogP contribution in [0.3, 0.4) is 0 Å². The van der Waals surface area contributed by atoms with Crippen molar-refractivity contribution < 1.29 is 9.59 Å². The molecule has 1 saturated heterocycles. The number of hydrogen-bond acceptors (Lipinski definition) is 3. The van der Waals surface area contributed by atoms with Crippen molar-refractivity contribution in [2.24, 2.45) is 0 Å². The van der Waals surface area contributed by atoms with Crippen LogP contribution in [0.4, 0.5) is 16.2 Å². The summed E-state index contributed by atoms with van der Waals surface area (Å²) in [5.41, 5.74) is 1.57. The van der Waals surface area contributed by atoms with Gasteiger partial charge in [0.1, 0.15) is 0 Å². The van der Waals surface area contributed by atoms with Gasteiger partial charge in [0.05, 0.1) is 6.42 Å². The van der Waals surface area contributed by atoms with Gasteiger partial charge in [-0.15, -0.1) is 11.3 Å². The predicted octanol–water partition coefficient (Wildman–Crippen LogP) is 2.46. The lowest BCUT2D eigenvalue weighted by Crippen LogP contribution is -2.27. The molecule has 0 saturated carbocycles. The Morgan fingerprint density at radius 2 is 2.10 bits per heavy atom. The number of anilines is 2. The van der Waals surface area contributed by atoms with Gasteiger partial charge in [-0.2, -0.15) is 0 Å². The number of hydrogen-bond donors (Lipinski definition) is 2. The zero-order valence-corrected chi connectivity index (χ0v) is 12.2. The van der Waals surface area contributed by atoms with Gasteiger partial charge in [-0.05, 0) is 35.7 Å². The first-order valence-electron chi connectivity index (χ1n) is 6.70. The minimum Gasteiger partial charge on any atom is -0.336 e. The molecule has 3 amide bonds. The van der Waals surface area contributed by atoms with Crippen molar-refractivity contribution >= 4 is 34.6 Å². The summed E-state index contributed by atoms with van der Waals surface area (Å²) in [5, 5.41) is 7.57. The maximum Gasteiger partial charge on any atom is 0.321 e. The molecule has 2 heterocycles. The number of benzene rings is 1. The van der Waals surface area contributed by atoms with Gasteiger partial charge in [0, 0.05) is 29.3 Å². The molecule has 1 aromatic heterocycles. The van der Waals surface area contributed by atoms with Crippen LogP contribution in [-0.4, -0.2) is 25.0 Å². The van der Waals surface area contributed by atoms with Gasteiger partial charge in [0.15, 0.2) is 0 Å². The fourth-order valence-corrected chi connectivity index (χ4v) is 2.92. The van der Waals surface area contributed by atoms with E-state index in [1.54, 1.807) is 16.2 Å². The Hall–Kier alpha value is -2.34. The highest BCUT2D eigenvalue weighted by molar-refractivity contribution is 7.10. The first-order chi connectivity index (χ1) is 10.2. The fraction of sp³-hybridized carbons (Fsp3) is 0.200. The van der Waals surface area contributed by atoms with Gasteiger partial charge in [0.2, 0.25) is 5.91 Å². The molecular formula is C15H15N3O2S. The second kappa shape index (κ2) is 5.97. The Labute approximate surface area is 126 Å². The normalized spacial score (nSPS) is 14.1. The molecule has 5 nitrogen and oxygen atoms in total. The molecule has 21 heavy (non-hydrogen) atoms. The van der Waals surface area contributed by atoms with Crippen LogP contribution < -0.4 is 15.5 Å². The van der Waals surface area contributed by atoms with Gasteiger partial charge in [-0.3, -0.25) is 9.69 Å². The molecule has 108 valence electrons. The molecule has 1 aromatic carbocycles. The van der Waals surface area contributed by atoms with Crippen molar-refractivity contribution in [1.82, 2.24) is 5.32 Å². The first-order valence-corrected chi connectivity index (χ1v) is 7.58. The number of rotatable bonds is 4. The molecule has 1 fully saturated rings. The number of nitrogens with one attached hydrogen (secondary N) is 2. The molecular weight excluding hydrogens is 286 g/mol. The number of amides is 3. The smallest absolute Gasteiger partial charge is 0.321 e. The number of nitrogens with zero attached hydrogens (tertiary/aromatic N) is 1. The summed E-state index contributed by atoms with van der Waals surface area (Å²) in [7, 11) is 0. The third-order valence-electron chi connectivity index (χ3n) is 3.23. The Kier molecular flexibility index (Phi) is 3.87. The summed E-state index contributed by atoms with van der Waals surface area (Å²) in [6.45, 7) is 1.33. The summed E-state index contributed by atoms with van der Waals surface area (Å²) in [4.78, 5) is 26.2. The molecule has 0 bridgehead atoms. The zero-order chi connectivity index (χ0) is 14.7. The largest absolute Gasteiger partial charge is 0.336 e. The molecule has 0 aliphatic carbocycles. The monoisotopic (exact) mass is 301 g/mol. The predicted molar refractivity (Wildman–Crippen MR) is 83.8 cm³/mol. The number of carbonyl (C=O) groups excluding carboxylic acids is 2. The third kappa shape index (κ3) is 3.22. The van der Waals surface area contributed by atoms with Crippen molar-refractivity contribution in [1.29, 1.82) is 0 Å². The van der Waals surface area contributed by atoms with Crippen LogP contribution in [0, 0.1) is 0 Å². The van der Waals surface area contributed by atoms with Crippen LogP contribution in [-0.2, 0) is 11.2 Å². The maximum absolute atomic E-state index is 11.9. The number of carbonyl (C=O) groups is 2. The van der Waals surface area contributed by atoms with E-state index < -0.39 is 0 Å². The molecule has 2 aromatic rings. The van der Waals surface area contributed by atoms with Crippen molar-refractivity contribution in [3.63, 3.8) is 0 Å². The summed E-state index contributed by atoms with van der Waals surface area (Å²) in [5.74, 6) is -0.0379. The second-order valence-corrected chi connectivity index (χ2v) is 5.77. The lowest BCUT2D eigenvalue weighted by atomic mass is 10.2. The lowest BCUT2D eigenvalue weighted by molar-refractivity contribution is -0.115. The average molecular weight is 301 g/mol. The van der Waals surface area contributed by atoms with Crippen molar-refractivity contribution in [3.05, 3.63) is 46.7 Å². The summed E-state index contributed by atoms with van der Waals surface area (Å²) in [6, 6.07) is 11.1. The van der Waals surface area contributed by atoms with E-state index in [2.05, 4.69) is 10.6 Å². The van der Waals surface area contributed by atoms with E-state index in [-0.39, 0.29) is 11.9 Å². The zero-order valence-electron chi connectivity index (χ0n) is 11.3. The molecule has 6 heteroatoms. The summed E-state index contributed by atoms with van der Waals surface area (Å²) >= 11 is 1.57. The van der Waals surface area contributed by atoms with E-state index in [1.165, 1.54) is 0 Å². The van der Waals surface area contributed by atoms with Crippen LogP contribution >= 0.6 is 11.3 Å². The van der Waals surface area contributed by atoms with Crippen LogP contribution in [0.2, 0.25) is 0 Å². The van der Waals surface area contributed by atoms with Crippen LogP contribution in [0.5, 0.6) is 0 Å². The highest BCUT2D eigenvalue weighted by Gasteiger charge is 2.20. The highest BCUT2D eigenvalue weighted by Crippen LogP contribution is 2.20. The minimum atomic E-state index is -0.0792. The van der Waals surface area contributed by atoms with Gasteiger partial charge >= 0.3 is 6.03 Å². The Morgan fingerprint density at radius 1 is 1.29 bits per heavy atom. The molecule has 0 spiro atoms. The van der Waals surface area contributed by atoms with Crippen LogP contribution in [0.1, 0.15) is 4.88 Å². The Bertz CT molecular complexity index is 637. The molecule has 0 atom stereocenters. The molecule has 0 unspecified atom stereocenters. The Morgan fingerprint density at radius 3 is 2.71 bits per heavy atom. The van der Waals surface area contributed by atoms with Crippen LogP contribution in [0.25, 0.3) is 0 Å². The van der Waals surface area contributed by atoms with Gasteiger partial charge < -0.3 is 10.6 Å². The molecule has 3 rings (SSSR count). The van der Waals surface area contributed by atoms with Gasteiger partial charge in [-0.25, -0.2) is 4.79 Å². The lowest BCUT2D eigenvalue weighted by Gasteiger charge is -2.14. The van der Waals surface area contributed by atoms with Crippen LogP contribution in [0.15, 0.2) is 41.8 Å². The van der Waals surface area contributed by atoms with Gasteiger partial charge in [0.25, 0.3) is 0 Å². The third-order valence-corrected chi connectivity index (χ3v) is 4.11. The SMILES string of the molecule is O=C(Cc1cccs1)Nc1ccc(N2CCNC2=O)cc1. The van der Waals surface area contributed by atoms with Gasteiger partial charge in [-0.1, -0.05) is 6.07 Å². The number of urea groups is 1. The first kappa shape index (κ1) is 13.6. The second-order valence-electron chi connectivity index (χ2n) is 4.73. The molecule has 1 aliphatic rings. The van der Waals surface area contributed by atoms with E-state index in [0.717, 1.165) is 16.3 Å². The van der Waals surface area contributed by atoms with E-state index in [9.17, 15) is 9.59 Å². The summed E-state index contributed by atoms with van der Waals surface area (Å²) < 4.78 is 0. The molecule has 1 aliphatic heterocycles. The van der Waals surface area contributed by atoms with E-state index in [0.29, 0.717) is 19.5 Å². The summed E-state index contributed by atoms with van der Waals surface area (Å²) in [6.07, 6.45) is 0.383. The number of thiophene rings is 1. The fourth-order valence-electron chi connectivity index (χ4n) is 2.22. The highest BCUT2D eigenvalue weighted by atomic mass is 32.1. The maximum atomic E-state index is 11.9. The van der Waals surface area contributed by atoms with Crippen molar-refractivity contribution in [2.45, 2.75) is 6.42 Å². The van der Waals surface area contributed by atoms with E-state index >= 15 is 0 Å². The van der Waals surface area contributed by atoms with E-state index in [4.69, 9.17) is 0 Å². The molecule has 0 radical (unpaired) electrons. The van der Waals surface area contributed by atoms with Crippen molar-refractivity contribution in [2.75, 3.05) is 23.3 Å². The quantitative estimate of drug-likeness (QED) is 0.911. The molecule has 2 N–H and O–H groups in total. The minimum absolute atomic E-state index is 0.0379.